The van der Waals surface area contributed by atoms with Crippen LogP contribution in [-0.4, -0.2) is 32.3 Å². The summed E-state index contributed by atoms with van der Waals surface area (Å²) in [6.07, 6.45) is -4.51. The van der Waals surface area contributed by atoms with Crippen LogP contribution in [0.3, 0.4) is 0 Å². The molecule has 1 aliphatic rings. The Labute approximate surface area is 163 Å². The number of benzene rings is 1. The smallest absolute Gasteiger partial charge is 0.382 e. The maximum atomic E-state index is 13.8. The fourth-order valence-electron chi connectivity index (χ4n) is 3.13. The van der Waals surface area contributed by atoms with Gasteiger partial charge in [-0.2, -0.15) is 18.3 Å². The molecule has 150 valence electrons. The van der Waals surface area contributed by atoms with Crippen molar-refractivity contribution >= 4 is 5.91 Å². The highest BCUT2D eigenvalue weighted by Crippen LogP contribution is 2.33. The second-order valence-corrected chi connectivity index (χ2v) is 6.40. The van der Waals surface area contributed by atoms with Crippen LogP contribution in [0.5, 0.6) is 0 Å². The summed E-state index contributed by atoms with van der Waals surface area (Å²) < 4.78 is 62.4. The Bertz CT molecular complexity index is 1140. The van der Waals surface area contributed by atoms with Gasteiger partial charge in [0.2, 0.25) is 0 Å². The maximum Gasteiger partial charge on any atom is 0.416 e. The highest BCUT2D eigenvalue weighted by atomic mass is 19.4. The van der Waals surface area contributed by atoms with E-state index in [9.17, 15) is 27.5 Å². The number of hydrogen-bond acceptors (Lipinski definition) is 4. The first kappa shape index (κ1) is 17.8. The number of pyridine rings is 1. The van der Waals surface area contributed by atoms with Gasteiger partial charge in [0.05, 0.1) is 35.8 Å². The zero-order valence-corrected chi connectivity index (χ0v) is 14.7. The molecule has 0 radical (unpaired) electrons. The van der Waals surface area contributed by atoms with Gasteiger partial charge in [0.25, 0.3) is 5.91 Å². The molecule has 0 saturated carbocycles. The molecule has 3 heterocycles. The fourth-order valence-corrected chi connectivity index (χ4v) is 3.13. The van der Waals surface area contributed by atoms with Crippen LogP contribution >= 0.6 is 0 Å². The highest BCUT2D eigenvalue weighted by molar-refractivity contribution is 5.96. The predicted molar refractivity (Wildman–Crippen MR) is 92.9 cm³/mol. The normalized spacial score (nSPS) is 16.6. The summed E-state index contributed by atoms with van der Waals surface area (Å²) >= 11 is 0. The van der Waals surface area contributed by atoms with Crippen molar-refractivity contribution in [2.45, 2.75) is 18.7 Å². The first-order chi connectivity index (χ1) is 14.1. The van der Waals surface area contributed by atoms with Crippen LogP contribution < -0.4 is 5.32 Å². The van der Waals surface area contributed by atoms with E-state index in [4.69, 9.17) is 1.37 Å². The average Bonchev–Trinajstić information content (AvgIpc) is 3.12. The standard InChI is InChI=1S/C19H14F4N4O2/c20-12-6-10(5-11(7-12)19(21,22)23)17(28)15-8-13(1-3-24-15)27-16-2-4-25-18(29)14(16)9-26-27/h1,3,5-9,17,28H,2,4H2,(H,25,29)/i17D. The molecule has 3 aromatic rings. The number of carbonyl (C=O) groups excluding carboxylic acids is 1. The third-order valence-corrected chi connectivity index (χ3v) is 4.49. The van der Waals surface area contributed by atoms with Crippen LogP contribution in [0.2, 0.25) is 0 Å². The van der Waals surface area contributed by atoms with Gasteiger partial charge in [-0.05, 0) is 35.9 Å². The molecule has 2 N–H and O–H groups in total. The summed E-state index contributed by atoms with van der Waals surface area (Å²) in [5.74, 6) is -1.53. The summed E-state index contributed by atoms with van der Waals surface area (Å²) in [4.78, 5) is 15.8. The van der Waals surface area contributed by atoms with Crippen molar-refractivity contribution < 1.29 is 28.8 Å². The minimum atomic E-state index is -4.85. The van der Waals surface area contributed by atoms with E-state index in [0.717, 1.165) is 0 Å². The molecular weight excluding hydrogens is 392 g/mol. The van der Waals surface area contributed by atoms with E-state index in [0.29, 0.717) is 42.0 Å². The maximum absolute atomic E-state index is 13.8. The zero-order chi connectivity index (χ0) is 21.7. The van der Waals surface area contributed by atoms with E-state index in [1.54, 1.807) is 0 Å². The predicted octanol–water partition coefficient (Wildman–Crippen LogP) is 2.79. The number of amides is 1. The third kappa shape index (κ3) is 3.58. The van der Waals surface area contributed by atoms with Crippen molar-refractivity contribution in [2.24, 2.45) is 0 Å². The largest absolute Gasteiger partial charge is 0.416 e. The molecule has 1 amide bonds. The number of aromatic nitrogens is 3. The Morgan fingerprint density at radius 3 is 2.83 bits per heavy atom. The van der Waals surface area contributed by atoms with Crippen molar-refractivity contribution in [3.63, 3.8) is 0 Å². The second-order valence-electron chi connectivity index (χ2n) is 6.40. The summed E-state index contributed by atoms with van der Waals surface area (Å²) in [5.41, 5.74) is -0.958. The fraction of sp³-hybridized carbons (Fsp3) is 0.211. The molecule has 1 aromatic carbocycles. The van der Waals surface area contributed by atoms with Crippen molar-refractivity contribution in [1.82, 2.24) is 20.1 Å². The van der Waals surface area contributed by atoms with Crippen molar-refractivity contribution in [1.29, 1.82) is 0 Å². The van der Waals surface area contributed by atoms with Crippen LogP contribution in [0.15, 0.2) is 42.7 Å². The molecule has 1 atom stereocenters. The summed E-state index contributed by atoms with van der Waals surface area (Å²) in [5, 5.41) is 17.5. The number of fused-ring (bicyclic) bond motifs is 1. The summed E-state index contributed by atoms with van der Waals surface area (Å²) in [6.45, 7) is 0.404. The number of alkyl halides is 3. The number of hydrogen-bond donors (Lipinski definition) is 2. The number of aliphatic hydroxyl groups is 1. The van der Waals surface area contributed by atoms with Gasteiger partial charge in [-0.15, -0.1) is 0 Å². The first-order valence-electron chi connectivity index (χ1n) is 9.00. The van der Waals surface area contributed by atoms with Crippen molar-refractivity contribution in [2.75, 3.05) is 6.54 Å². The molecule has 2 aromatic heterocycles. The lowest BCUT2D eigenvalue weighted by Crippen LogP contribution is -2.32. The first-order valence-corrected chi connectivity index (χ1v) is 8.50. The minimum Gasteiger partial charge on any atom is -0.382 e. The van der Waals surface area contributed by atoms with Crippen LogP contribution in [0, 0.1) is 5.82 Å². The Balaban J connectivity index is 1.78. The van der Waals surface area contributed by atoms with Gasteiger partial charge < -0.3 is 10.4 Å². The Morgan fingerprint density at radius 2 is 2.07 bits per heavy atom. The van der Waals surface area contributed by atoms with Gasteiger partial charge in [-0.25, -0.2) is 9.07 Å². The monoisotopic (exact) mass is 407 g/mol. The lowest BCUT2D eigenvalue weighted by atomic mass is 10.0. The molecule has 1 unspecified atom stereocenters. The van der Waals surface area contributed by atoms with E-state index in [1.807, 2.05) is 0 Å². The Morgan fingerprint density at radius 1 is 1.28 bits per heavy atom. The molecule has 0 aliphatic carbocycles. The zero-order valence-electron chi connectivity index (χ0n) is 15.7. The number of nitrogens with zero attached hydrogens (tertiary/aromatic N) is 3. The quantitative estimate of drug-likeness (QED) is 0.655. The summed E-state index contributed by atoms with van der Waals surface area (Å²) in [7, 11) is 0. The minimum absolute atomic E-state index is 0.282. The van der Waals surface area contributed by atoms with Crippen LogP contribution in [0.1, 0.15) is 40.3 Å². The highest BCUT2D eigenvalue weighted by Gasteiger charge is 2.32. The molecule has 1 aliphatic heterocycles. The van der Waals surface area contributed by atoms with Gasteiger partial charge in [-0.1, -0.05) is 0 Å². The van der Waals surface area contributed by atoms with E-state index in [-0.39, 0.29) is 17.7 Å². The molecule has 10 heteroatoms. The summed E-state index contributed by atoms with van der Waals surface area (Å²) in [6, 6.07) is 4.20. The van der Waals surface area contributed by atoms with Crippen LogP contribution in [-0.2, 0) is 12.6 Å². The topological polar surface area (TPSA) is 80.0 Å². The number of carbonyl (C=O) groups is 1. The SMILES string of the molecule is [2H]C(O)(c1cc(F)cc(C(F)(F)F)c1)c1cc(-n2ncc3c2CCNC3=O)ccn1. The second kappa shape index (κ2) is 6.96. The van der Waals surface area contributed by atoms with E-state index in [2.05, 4.69) is 15.4 Å². The molecule has 4 rings (SSSR count). The molecular formula is C19H14F4N4O2. The third-order valence-electron chi connectivity index (χ3n) is 4.49. The van der Waals surface area contributed by atoms with Gasteiger partial charge in [0.15, 0.2) is 0 Å². The van der Waals surface area contributed by atoms with Crippen LogP contribution in [0.25, 0.3) is 5.69 Å². The molecule has 0 fully saturated rings. The average molecular weight is 407 g/mol. The van der Waals surface area contributed by atoms with E-state index >= 15 is 0 Å². The van der Waals surface area contributed by atoms with Crippen molar-refractivity contribution in [3.05, 3.63) is 76.6 Å². The molecule has 0 spiro atoms. The number of halogens is 4. The van der Waals surface area contributed by atoms with Crippen LogP contribution in [0.4, 0.5) is 17.6 Å². The molecule has 6 nitrogen and oxygen atoms in total. The molecule has 29 heavy (non-hydrogen) atoms. The lowest BCUT2D eigenvalue weighted by molar-refractivity contribution is -0.137. The molecule has 0 saturated heterocycles. The van der Waals surface area contributed by atoms with Crippen molar-refractivity contribution in [3.8, 4) is 5.69 Å². The Hall–Kier alpha value is -3.27. The van der Waals surface area contributed by atoms with Gasteiger partial charge in [0.1, 0.15) is 11.9 Å². The number of nitrogens with one attached hydrogen (secondary N) is 1. The van der Waals surface area contributed by atoms with E-state index in [1.165, 1.54) is 29.2 Å². The van der Waals surface area contributed by atoms with Gasteiger partial charge >= 0.3 is 6.18 Å². The molecule has 0 bridgehead atoms. The van der Waals surface area contributed by atoms with E-state index < -0.39 is 29.2 Å². The Kier molecular flexibility index (Phi) is 4.27. The lowest BCUT2D eigenvalue weighted by Gasteiger charge is -2.17. The van der Waals surface area contributed by atoms with Gasteiger partial charge in [0, 0.05) is 19.2 Å². The van der Waals surface area contributed by atoms with Gasteiger partial charge in [-0.3, -0.25) is 9.78 Å². The number of rotatable bonds is 3.